The Balaban J connectivity index is 1.83. The quantitative estimate of drug-likeness (QED) is 0.454. The highest BCUT2D eigenvalue weighted by Gasteiger charge is 2.31. The zero-order valence-electron chi connectivity index (χ0n) is 14.0. The van der Waals surface area contributed by atoms with E-state index in [0.29, 0.717) is 17.5 Å². The van der Waals surface area contributed by atoms with Crippen molar-refractivity contribution in [2.75, 3.05) is 0 Å². The van der Waals surface area contributed by atoms with Crippen LogP contribution in [0.15, 0.2) is 23.1 Å². The molecule has 1 unspecified atom stereocenters. The van der Waals surface area contributed by atoms with Gasteiger partial charge in [0.05, 0.1) is 4.90 Å². The third-order valence-corrected chi connectivity index (χ3v) is 5.42. The van der Waals surface area contributed by atoms with Crippen molar-refractivity contribution in [2.45, 2.75) is 30.2 Å². The Bertz CT molecular complexity index is 1060. The number of nitrogens with two attached hydrogens (primary N) is 1. The molecule has 1 aliphatic rings. The van der Waals surface area contributed by atoms with Gasteiger partial charge in [0.15, 0.2) is 23.3 Å². The zero-order valence-corrected chi connectivity index (χ0v) is 14.8. The normalized spacial score (nSPS) is 16.6. The molecule has 0 radical (unpaired) electrons. The number of amides is 1. The lowest BCUT2D eigenvalue weighted by Crippen LogP contribution is -2.40. The second-order valence-corrected chi connectivity index (χ2v) is 7.90. The lowest BCUT2D eigenvalue weighted by atomic mass is 9.88. The lowest BCUT2D eigenvalue weighted by Gasteiger charge is -2.26. The Hall–Kier alpha value is -2.53. The summed E-state index contributed by atoms with van der Waals surface area (Å²) < 4.78 is 89.9. The number of rotatable bonds is 3. The first-order valence-electron chi connectivity index (χ1n) is 7.97. The summed E-state index contributed by atoms with van der Waals surface area (Å²) in [5.41, 5.74) is -0.207. The van der Waals surface area contributed by atoms with Gasteiger partial charge in [0, 0.05) is 6.04 Å². The smallest absolute Gasteiger partial charge is 0.257 e. The Morgan fingerprint density at radius 3 is 2.11 bits per heavy atom. The van der Waals surface area contributed by atoms with E-state index >= 15 is 0 Å². The van der Waals surface area contributed by atoms with E-state index in [4.69, 9.17) is 5.14 Å². The Labute approximate surface area is 156 Å². The van der Waals surface area contributed by atoms with Crippen LogP contribution in [-0.2, 0) is 22.9 Å². The van der Waals surface area contributed by atoms with Crippen molar-refractivity contribution in [1.82, 2.24) is 5.32 Å². The van der Waals surface area contributed by atoms with Crippen LogP contribution >= 0.6 is 0 Å². The van der Waals surface area contributed by atoms with E-state index in [0.717, 1.165) is 0 Å². The summed E-state index contributed by atoms with van der Waals surface area (Å²) in [7, 11) is -3.88. The highest BCUT2D eigenvalue weighted by molar-refractivity contribution is 7.89. The molecule has 0 saturated carbocycles. The van der Waals surface area contributed by atoms with Gasteiger partial charge in [0.25, 0.3) is 5.91 Å². The molecule has 3 rings (SSSR count). The van der Waals surface area contributed by atoms with Gasteiger partial charge in [-0.2, -0.15) is 0 Å². The SMILES string of the molecule is NS(=O)(=O)c1ccc2c(c1)CCC(NC(=O)c1c(F)c(F)c(F)c(F)c1F)C2. The first kappa shape index (κ1) is 20.2. The Kier molecular flexibility index (Phi) is 5.15. The predicted octanol–water partition coefficient (Wildman–Crippen LogP) is 2.32. The van der Waals surface area contributed by atoms with Crippen molar-refractivity contribution in [3.8, 4) is 0 Å². The predicted molar refractivity (Wildman–Crippen MR) is 87.3 cm³/mol. The van der Waals surface area contributed by atoms with Crippen LogP contribution in [0.4, 0.5) is 22.0 Å². The summed E-state index contributed by atoms with van der Waals surface area (Å²) in [6.45, 7) is 0. The van der Waals surface area contributed by atoms with Crippen molar-refractivity contribution in [3.63, 3.8) is 0 Å². The number of primary sulfonamides is 1. The average molecular weight is 420 g/mol. The molecule has 0 bridgehead atoms. The van der Waals surface area contributed by atoms with Crippen molar-refractivity contribution >= 4 is 15.9 Å². The number of carbonyl (C=O) groups excluding carboxylic acids is 1. The van der Waals surface area contributed by atoms with Gasteiger partial charge >= 0.3 is 0 Å². The van der Waals surface area contributed by atoms with E-state index < -0.39 is 56.6 Å². The number of fused-ring (bicyclic) bond motifs is 1. The molecule has 11 heteroatoms. The second-order valence-electron chi connectivity index (χ2n) is 6.33. The van der Waals surface area contributed by atoms with Gasteiger partial charge in [-0.25, -0.2) is 35.5 Å². The van der Waals surface area contributed by atoms with Crippen LogP contribution in [0.3, 0.4) is 0 Å². The molecule has 0 aromatic heterocycles. The third-order valence-electron chi connectivity index (χ3n) is 4.51. The molecule has 1 aliphatic carbocycles. The fourth-order valence-corrected chi connectivity index (χ4v) is 3.66. The first-order valence-corrected chi connectivity index (χ1v) is 9.52. The minimum absolute atomic E-state index is 0.0739. The topological polar surface area (TPSA) is 89.3 Å². The number of aryl methyl sites for hydroxylation is 1. The van der Waals surface area contributed by atoms with Crippen LogP contribution in [0.1, 0.15) is 27.9 Å². The maximum Gasteiger partial charge on any atom is 0.257 e. The summed E-state index contributed by atoms with van der Waals surface area (Å²) in [4.78, 5) is 12.1. The fourth-order valence-electron chi connectivity index (χ4n) is 3.09. The van der Waals surface area contributed by atoms with Crippen molar-refractivity contribution in [3.05, 3.63) is 64.0 Å². The molecule has 0 fully saturated rings. The van der Waals surface area contributed by atoms with Gasteiger partial charge in [-0.1, -0.05) is 6.07 Å². The van der Waals surface area contributed by atoms with E-state index in [1.165, 1.54) is 18.2 Å². The molecule has 150 valence electrons. The molecule has 0 aliphatic heterocycles. The summed E-state index contributed by atoms with van der Waals surface area (Å²) in [5.74, 6) is -12.6. The van der Waals surface area contributed by atoms with Crippen LogP contribution in [-0.4, -0.2) is 20.4 Å². The third kappa shape index (κ3) is 3.59. The van der Waals surface area contributed by atoms with Crippen LogP contribution in [0.25, 0.3) is 0 Å². The molecule has 28 heavy (non-hydrogen) atoms. The number of hydrogen-bond acceptors (Lipinski definition) is 3. The molecule has 1 atom stereocenters. The summed E-state index contributed by atoms with van der Waals surface area (Å²) in [5, 5.41) is 7.33. The number of hydrogen-bond donors (Lipinski definition) is 2. The molecular formula is C17H13F5N2O3S. The number of carbonyl (C=O) groups is 1. The largest absolute Gasteiger partial charge is 0.349 e. The van der Waals surface area contributed by atoms with Crippen molar-refractivity contribution in [2.24, 2.45) is 5.14 Å². The van der Waals surface area contributed by atoms with Crippen LogP contribution < -0.4 is 10.5 Å². The standard InChI is InChI=1S/C17H13F5N2O3S/c18-12-11(13(19)15(21)16(22)14(12)20)17(25)24-9-3-1-8-6-10(28(23,26)27)4-2-7(8)5-9/h2,4,6,9H,1,3,5H2,(H,24,25)(H2,23,26,27). The van der Waals surface area contributed by atoms with Crippen LogP contribution in [0.2, 0.25) is 0 Å². The van der Waals surface area contributed by atoms with E-state index in [1.807, 2.05) is 0 Å². The molecule has 5 nitrogen and oxygen atoms in total. The van der Waals surface area contributed by atoms with Gasteiger partial charge in [0.1, 0.15) is 5.56 Å². The average Bonchev–Trinajstić information content (AvgIpc) is 2.63. The van der Waals surface area contributed by atoms with Crippen molar-refractivity contribution < 1.29 is 35.2 Å². The summed E-state index contributed by atoms with van der Waals surface area (Å²) in [6, 6.07) is 3.52. The van der Waals surface area contributed by atoms with E-state index in [9.17, 15) is 35.2 Å². The molecule has 2 aromatic rings. The maximum atomic E-state index is 13.8. The van der Waals surface area contributed by atoms with E-state index in [2.05, 4.69) is 5.32 Å². The minimum Gasteiger partial charge on any atom is -0.349 e. The molecule has 3 N–H and O–H groups in total. The number of halogens is 5. The Morgan fingerprint density at radius 1 is 0.964 bits per heavy atom. The summed E-state index contributed by atoms with van der Waals surface area (Å²) in [6.07, 6.45) is 0.768. The maximum absolute atomic E-state index is 13.8. The van der Waals surface area contributed by atoms with E-state index in [-0.39, 0.29) is 17.7 Å². The minimum atomic E-state index is -3.88. The molecule has 1 amide bonds. The van der Waals surface area contributed by atoms with Crippen LogP contribution in [0, 0.1) is 29.1 Å². The molecule has 2 aromatic carbocycles. The fraction of sp³-hybridized carbons (Fsp3) is 0.235. The first-order chi connectivity index (χ1) is 13.0. The highest BCUT2D eigenvalue weighted by atomic mass is 32.2. The monoisotopic (exact) mass is 420 g/mol. The summed E-state index contributed by atoms with van der Waals surface area (Å²) >= 11 is 0. The van der Waals surface area contributed by atoms with Gasteiger partial charge in [0.2, 0.25) is 15.8 Å². The van der Waals surface area contributed by atoms with Gasteiger partial charge in [-0.05, 0) is 42.5 Å². The Morgan fingerprint density at radius 2 is 1.54 bits per heavy atom. The number of nitrogens with one attached hydrogen (secondary N) is 1. The van der Waals surface area contributed by atoms with Gasteiger partial charge in [-0.3, -0.25) is 4.79 Å². The van der Waals surface area contributed by atoms with Crippen molar-refractivity contribution in [1.29, 1.82) is 0 Å². The van der Waals surface area contributed by atoms with Gasteiger partial charge < -0.3 is 5.32 Å². The molecular weight excluding hydrogens is 407 g/mol. The van der Waals surface area contributed by atoms with Gasteiger partial charge in [-0.15, -0.1) is 0 Å². The number of benzene rings is 2. The highest BCUT2D eigenvalue weighted by Crippen LogP contribution is 2.26. The second kappa shape index (κ2) is 7.13. The molecule has 0 heterocycles. The zero-order chi connectivity index (χ0) is 20.8. The van der Waals surface area contributed by atoms with E-state index in [1.54, 1.807) is 0 Å². The molecule has 0 saturated heterocycles. The number of sulfonamides is 1. The lowest BCUT2D eigenvalue weighted by molar-refractivity contribution is 0.0921. The van der Waals surface area contributed by atoms with Crippen LogP contribution in [0.5, 0.6) is 0 Å². The molecule has 0 spiro atoms.